The molecule has 136 valence electrons. The molecule has 0 spiro atoms. The number of aliphatic imine (C=N–C) groups is 1. The van der Waals surface area contributed by atoms with E-state index in [9.17, 15) is 4.39 Å². The minimum atomic E-state index is -0.473. The zero-order valence-corrected chi connectivity index (χ0v) is 16.1. The van der Waals surface area contributed by atoms with E-state index in [1.807, 2.05) is 32.0 Å². The lowest BCUT2D eigenvalue weighted by Gasteiger charge is -2.08. The van der Waals surface area contributed by atoms with Crippen LogP contribution in [0.4, 0.5) is 4.39 Å². The maximum absolute atomic E-state index is 14.5. The molecule has 0 aliphatic heterocycles. The number of benzene rings is 2. The van der Waals surface area contributed by atoms with Crippen LogP contribution in [0.1, 0.15) is 31.4 Å². The molecular formula is C20H20Cl2FN3. The van der Waals surface area contributed by atoms with E-state index in [4.69, 9.17) is 34.7 Å². The highest BCUT2D eigenvalue weighted by atomic mass is 35.5. The molecule has 0 atom stereocenters. The summed E-state index contributed by atoms with van der Waals surface area (Å²) in [6.07, 6.45) is 0.647. The third kappa shape index (κ3) is 4.26. The molecule has 4 N–H and O–H groups in total. The third-order valence-electron chi connectivity index (χ3n) is 3.98. The highest BCUT2D eigenvalue weighted by Crippen LogP contribution is 2.22. The van der Waals surface area contributed by atoms with Crippen LogP contribution in [0.2, 0.25) is 5.02 Å². The third-order valence-corrected chi connectivity index (χ3v) is 4.74. The Hall–Kier alpha value is -2.30. The average Bonchev–Trinajstić information content (AvgIpc) is 2.61. The van der Waals surface area contributed by atoms with E-state index < -0.39 is 5.82 Å². The summed E-state index contributed by atoms with van der Waals surface area (Å²) in [4.78, 5) is 3.98. The summed E-state index contributed by atoms with van der Waals surface area (Å²) < 4.78 is 14.5. The van der Waals surface area contributed by atoms with Crippen molar-refractivity contribution in [1.29, 1.82) is 0 Å². The van der Waals surface area contributed by atoms with Gasteiger partial charge in [0.25, 0.3) is 0 Å². The van der Waals surface area contributed by atoms with Gasteiger partial charge in [0.15, 0.2) is 5.96 Å². The van der Waals surface area contributed by atoms with Crippen molar-refractivity contribution in [2.24, 2.45) is 16.5 Å². The zero-order chi connectivity index (χ0) is 19.4. The Kier molecular flexibility index (Phi) is 6.46. The molecule has 6 heteroatoms. The molecule has 0 unspecified atom stereocenters. The first kappa shape index (κ1) is 20.0. The number of hydrogen-bond donors (Lipinski definition) is 2. The highest BCUT2D eigenvalue weighted by molar-refractivity contribution is 6.45. The summed E-state index contributed by atoms with van der Waals surface area (Å²) in [5.41, 5.74) is 13.1. The smallest absolute Gasteiger partial charge is 0.191 e. The van der Waals surface area contributed by atoms with Crippen molar-refractivity contribution >= 4 is 45.5 Å². The lowest BCUT2D eigenvalue weighted by molar-refractivity contribution is 0.624. The van der Waals surface area contributed by atoms with Gasteiger partial charge in [-0.25, -0.2) is 9.38 Å². The Morgan fingerprint density at radius 1 is 1.19 bits per heavy atom. The second kappa shape index (κ2) is 8.39. The van der Waals surface area contributed by atoms with Gasteiger partial charge in [-0.1, -0.05) is 61.0 Å². The van der Waals surface area contributed by atoms with Crippen LogP contribution in [-0.2, 0) is 0 Å². The molecule has 0 bridgehead atoms. The van der Waals surface area contributed by atoms with E-state index in [1.54, 1.807) is 12.1 Å². The number of rotatable bonds is 4. The monoisotopic (exact) mass is 391 g/mol. The summed E-state index contributed by atoms with van der Waals surface area (Å²) in [6, 6.07) is 10.4. The highest BCUT2D eigenvalue weighted by Gasteiger charge is 2.10. The molecule has 0 heterocycles. The van der Waals surface area contributed by atoms with Crippen molar-refractivity contribution in [3.05, 3.63) is 75.4 Å². The van der Waals surface area contributed by atoms with E-state index in [1.165, 1.54) is 6.07 Å². The van der Waals surface area contributed by atoms with Gasteiger partial charge in [-0.05, 0) is 41.5 Å². The molecule has 2 rings (SSSR count). The number of halogens is 3. The predicted molar refractivity (Wildman–Crippen MR) is 110 cm³/mol. The Morgan fingerprint density at radius 3 is 2.50 bits per heavy atom. The molecular weight excluding hydrogens is 372 g/mol. The van der Waals surface area contributed by atoms with Crippen LogP contribution in [-0.4, -0.2) is 5.96 Å². The minimum Gasteiger partial charge on any atom is -0.370 e. The summed E-state index contributed by atoms with van der Waals surface area (Å²) in [5, 5.41) is 2.31. The number of nitrogens with zero attached hydrogens (tertiary/aromatic N) is 1. The van der Waals surface area contributed by atoms with E-state index >= 15 is 0 Å². The molecule has 0 aromatic heterocycles. The largest absolute Gasteiger partial charge is 0.370 e. The van der Waals surface area contributed by atoms with Crippen LogP contribution in [0.25, 0.3) is 16.3 Å². The standard InChI is InChI=1S/C20H20Cl2FN3/c1-4-17(21)15-9-8-13(12(3)26-20(24)25)10-16(15)11(2)14-6-5-7-18(22)19(14)23/h5-10H,3-4H2,1-2H3,(H4,24,25,26)/b16-11+,17-15+. The molecule has 2 aromatic rings. The summed E-state index contributed by atoms with van der Waals surface area (Å²) in [6.45, 7) is 7.64. The fourth-order valence-electron chi connectivity index (χ4n) is 2.62. The van der Waals surface area contributed by atoms with Crippen LogP contribution >= 0.6 is 23.2 Å². The fraction of sp³-hybridized carbons (Fsp3) is 0.150. The molecule has 0 aliphatic carbocycles. The molecule has 0 amide bonds. The topological polar surface area (TPSA) is 64.4 Å². The van der Waals surface area contributed by atoms with Gasteiger partial charge in [0, 0.05) is 16.2 Å². The van der Waals surface area contributed by atoms with Crippen molar-refractivity contribution < 1.29 is 4.39 Å². The zero-order valence-electron chi connectivity index (χ0n) is 14.6. The molecule has 26 heavy (non-hydrogen) atoms. The van der Waals surface area contributed by atoms with Gasteiger partial charge in [-0.3, -0.25) is 0 Å². The van der Waals surface area contributed by atoms with Gasteiger partial charge >= 0.3 is 0 Å². The molecule has 0 radical (unpaired) electrons. The quantitative estimate of drug-likeness (QED) is 0.616. The number of nitrogens with two attached hydrogens (primary N) is 2. The first-order valence-electron chi connectivity index (χ1n) is 7.99. The summed E-state index contributed by atoms with van der Waals surface area (Å²) in [5.74, 6) is -0.556. The summed E-state index contributed by atoms with van der Waals surface area (Å²) in [7, 11) is 0. The van der Waals surface area contributed by atoms with Crippen LogP contribution in [0, 0.1) is 5.82 Å². The number of guanidine groups is 1. The first-order valence-corrected chi connectivity index (χ1v) is 8.74. The van der Waals surface area contributed by atoms with Gasteiger partial charge in [-0.2, -0.15) is 0 Å². The van der Waals surface area contributed by atoms with Crippen molar-refractivity contribution in [3.63, 3.8) is 0 Å². The molecule has 0 saturated heterocycles. The normalized spacial score (nSPS) is 13.1. The SMILES string of the molecule is C=C(N=C(N)N)c1ccc(=C(\Cl)CC)/c(=C(\C)c2cccc(Cl)c2F)c1. The minimum absolute atomic E-state index is 0.0648. The Labute approximate surface area is 162 Å². The van der Waals surface area contributed by atoms with Gasteiger partial charge in [-0.15, -0.1) is 0 Å². The van der Waals surface area contributed by atoms with Gasteiger partial charge in [0.1, 0.15) is 5.82 Å². The maximum atomic E-state index is 14.5. The lowest BCUT2D eigenvalue weighted by Crippen LogP contribution is -2.29. The van der Waals surface area contributed by atoms with Gasteiger partial charge < -0.3 is 11.5 Å². The maximum Gasteiger partial charge on any atom is 0.191 e. The van der Waals surface area contributed by atoms with E-state index in [2.05, 4.69) is 11.6 Å². The average molecular weight is 392 g/mol. The molecule has 3 nitrogen and oxygen atoms in total. The van der Waals surface area contributed by atoms with Gasteiger partial charge in [0.05, 0.1) is 10.7 Å². The Morgan fingerprint density at radius 2 is 1.88 bits per heavy atom. The first-order chi connectivity index (χ1) is 12.3. The Balaban J connectivity index is 2.89. The van der Waals surface area contributed by atoms with E-state index in [-0.39, 0.29) is 11.0 Å². The number of hydrogen-bond acceptors (Lipinski definition) is 1. The van der Waals surface area contributed by atoms with Crippen molar-refractivity contribution in [3.8, 4) is 0 Å². The van der Waals surface area contributed by atoms with Crippen LogP contribution in [0.3, 0.4) is 0 Å². The van der Waals surface area contributed by atoms with Crippen molar-refractivity contribution in [2.75, 3.05) is 0 Å². The van der Waals surface area contributed by atoms with Crippen molar-refractivity contribution in [2.45, 2.75) is 20.3 Å². The van der Waals surface area contributed by atoms with Gasteiger partial charge in [0.2, 0.25) is 0 Å². The predicted octanol–water partition coefficient (Wildman–Crippen LogP) is 3.70. The van der Waals surface area contributed by atoms with E-state index in [0.717, 1.165) is 10.4 Å². The Bertz CT molecular complexity index is 1010. The second-order valence-electron chi connectivity index (χ2n) is 5.73. The summed E-state index contributed by atoms with van der Waals surface area (Å²) >= 11 is 12.3. The second-order valence-corrected chi connectivity index (χ2v) is 6.59. The molecule has 2 aromatic carbocycles. The molecule has 0 aliphatic rings. The fourth-order valence-corrected chi connectivity index (χ4v) is 2.96. The van der Waals surface area contributed by atoms with Crippen LogP contribution < -0.4 is 21.9 Å². The van der Waals surface area contributed by atoms with Crippen LogP contribution in [0.5, 0.6) is 0 Å². The van der Waals surface area contributed by atoms with E-state index in [0.29, 0.717) is 33.9 Å². The van der Waals surface area contributed by atoms with Crippen LogP contribution in [0.15, 0.2) is 48.0 Å². The van der Waals surface area contributed by atoms with Crippen molar-refractivity contribution in [1.82, 2.24) is 0 Å². The molecule has 0 fully saturated rings. The lowest BCUT2D eigenvalue weighted by atomic mass is 10.00. The molecule has 0 saturated carbocycles.